The van der Waals surface area contributed by atoms with Crippen molar-refractivity contribution in [1.29, 1.82) is 0 Å². The Labute approximate surface area is 125 Å². The minimum Gasteiger partial charge on any atom is -0.378 e. The third-order valence-corrected chi connectivity index (χ3v) is 4.17. The van der Waals surface area contributed by atoms with Crippen LogP contribution in [0.4, 0.5) is 5.13 Å². The monoisotopic (exact) mass is 318 g/mol. The zero-order valence-corrected chi connectivity index (χ0v) is 12.5. The fourth-order valence-corrected chi connectivity index (χ4v) is 2.78. The van der Waals surface area contributed by atoms with Gasteiger partial charge in [0.2, 0.25) is 0 Å². The van der Waals surface area contributed by atoms with Gasteiger partial charge in [-0.1, -0.05) is 11.3 Å². The van der Waals surface area contributed by atoms with Crippen LogP contribution in [0.1, 0.15) is 15.4 Å². The predicted octanol–water partition coefficient (Wildman–Crippen LogP) is 0.288. The van der Waals surface area contributed by atoms with Crippen molar-refractivity contribution in [1.82, 2.24) is 15.8 Å². The van der Waals surface area contributed by atoms with Gasteiger partial charge in [-0.2, -0.15) is 0 Å². The van der Waals surface area contributed by atoms with E-state index in [1.807, 2.05) is 0 Å². The Balaban J connectivity index is 2.02. The van der Waals surface area contributed by atoms with Crippen molar-refractivity contribution in [3.05, 3.63) is 10.6 Å². The minimum atomic E-state index is -0.462. The first-order valence-corrected chi connectivity index (χ1v) is 7.42. The number of carbonyl (C=O) groups is 2. The van der Waals surface area contributed by atoms with E-state index < -0.39 is 11.8 Å². The van der Waals surface area contributed by atoms with E-state index in [-0.39, 0.29) is 5.88 Å². The maximum atomic E-state index is 11.9. The van der Waals surface area contributed by atoms with E-state index in [4.69, 9.17) is 16.3 Å². The lowest BCUT2D eigenvalue weighted by molar-refractivity contribution is -0.119. The van der Waals surface area contributed by atoms with E-state index in [0.717, 1.165) is 18.2 Å². The van der Waals surface area contributed by atoms with Crippen LogP contribution in [0.2, 0.25) is 0 Å². The largest absolute Gasteiger partial charge is 0.378 e. The molecule has 9 heteroatoms. The van der Waals surface area contributed by atoms with E-state index >= 15 is 0 Å². The lowest BCUT2D eigenvalue weighted by Gasteiger charge is -2.25. The number of alkyl halides is 1. The number of nitrogens with one attached hydrogen (secondary N) is 2. The van der Waals surface area contributed by atoms with Crippen LogP contribution < -0.4 is 15.8 Å². The highest BCUT2D eigenvalue weighted by atomic mass is 35.5. The molecule has 2 rings (SSSR count). The van der Waals surface area contributed by atoms with Crippen LogP contribution in [0, 0.1) is 6.92 Å². The molecule has 0 spiro atoms. The van der Waals surface area contributed by atoms with Crippen LogP contribution >= 0.6 is 22.9 Å². The van der Waals surface area contributed by atoms with Crippen LogP contribution in [0.5, 0.6) is 0 Å². The van der Waals surface area contributed by atoms with Gasteiger partial charge >= 0.3 is 0 Å². The number of hydrazine groups is 1. The Bertz CT molecular complexity index is 502. The van der Waals surface area contributed by atoms with Crippen LogP contribution in [0.15, 0.2) is 0 Å². The molecule has 0 radical (unpaired) electrons. The number of morpholine rings is 1. The summed E-state index contributed by atoms with van der Waals surface area (Å²) in [6.45, 7) is 4.60. The Hall–Kier alpha value is -1.38. The molecule has 0 aliphatic carbocycles. The van der Waals surface area contributed by atoms with Gasteiger partial charge in [0.05, 0.1) is 18.9 Å². The summed E-state index contributed by atoms with van der Waals surface area (Å²) < 4.78 is 5.28. The molecule has 0 unspecified atom stereocenters. The van der Waals surface area contributed by atoms with Crippen LogP contribution in [0.3, 0.4) is 0 Å². The van der Waals surface area contributed by atoms with Crippen LogP contribution in [-0.2, 0) is 9.53 Å². The summed E-state index contributed by atoms with van der Waals surface area (Å²) in [5.74, 6) is -1.06. The number of halogens is 1. The quantitative estimate of drug-likeness (QED) is 0.618. The summed E-state index contributed by atoms with van der Waals surface area (Å²) in [5.41, 5.74) is 5.17. The molecular weight excluding hydrogens is 304 g/mol. The molecule has 7 nitrogen and oxygen atoms in total. The molecule has 0 saturated carbocycles. The molecule has 1 aliphatic heterocycles. The first-order valence-electron chi connectivity index (χ1n) is 6.07. The smallest absolute Gasteiger partial charge is 0.281 e. The summed E-state index contributed by atoms with van der Waals surface area (Å²) in [6.07, 6.45) is 0. The average Bonchev–Trinajstić information content (AvgIpc) is 2.87. The number of hydrogen-bond donors (Lipinski definition) is 2. The molecule has 1 aromatic heterocycles. The van der Waals surface area contributed by atoms with Crippen LogP contribution in [-0.4, -0.2) is 49.0 Å². The van der Waals surface area contributed by atoms with E-state index in [2.05, 4.69) is 20.7 Å². The summed E-state index contributed by atoms with van der Waals surface area (Å²) in [5, 5.41) is 0.791. The molecular formula is C11H15ClN4O3S. The first kappa shape index (κ1) is 15.0. The molecule has 0 aromatic carbocycles. The summed E-state index contributed by atoms with van der Waals surface area (Å²) in [4.78, 5) is 29.9. The highest BCUT2D eigenvalue weighted by Gasteiger charge is 2.20. The number of rotatable bonds is 3. The van der Waals surface area contributed by atoms with Crippen molar-refractivity contribution in [2.24, 2.45) is 0 Å². The highest BCUT2D eigenvalue weighted by Crippen LogP contribution is 2.26. The number of aryl methyl sites for hydroxylation is 1. The van der Waals surface area contributed by atoms with Gasteiger partial charge in [-0.25, -0.2) is 4.98 Å². The van der Waals surface area contributed by atoms with Gasteiger partial charge in [0.25, 0.3) is 11.8 Å². The van der Waals surface area contributed by atoms with Crippen molar-refractivity contribution in [3.8, 4) is 0 Å². The van der Waals surface area contributed by atoms with E-state index in [0.29, 0.717) is 23.8 Å². The van der Waals surface area contributed by atoms with Gasteiger partial charge in [0.1, 0.15) is 10.8 Å². The number of aromatic nitrogens is 1. The Morgan fingerprint density at radius 1 is 1.40 bits per heavy atom. The lowest BCUT2D eigenvalue weighted by Crippen LogP contribution is -2.42. The lowest BCUT2D eigenvalue weighted by atomic mass is 10.4. The van der Waals surface area contributed by atoms with E-state index in [1.165, 1.54) is 11.3 Å². The van der Waals surface area contributed by atoms with Crippen LogP contribution in [0.25, 0.3) is 0 Å². The van der Waals surface area contributed by atoms with Crippen molar-refractivity contribution in [3.63, 3.8) is 0 Å². The fraction of sp³-hybridized carbons (Fsp3) is 0.545. The average molecular weight is 319 g/mol. The molecule has 1 fully saturated rings. The maximum absolute atomic E-state index is 11.9. The number of amides is 2. The number of anilines is 1. The summed E-state index contributed by atoms with van der Waals surface area (Å²) in [6, 6.07) is 0. The number of thiazole rings is 1. The number of ether oxygens (including phenoxy) is 1. The molecule has 1 aromatic rings. The van der Waals surface area contributed by atoms with E-state index in [1.54, 1.807) is 6.92 Å². The standard InChI is InChI=1S/C11H15ClN4O3S/c1-7-9(10(18)15-14-8(17)6-12)20-11(13-7)16-2-4-19-5-3-16/h2-6H2,1H3,(H,14,17)(H,15,18). The second kappa shape index (κ2) is 6.87. The van der Waals surface area contributed by atoms with E-state index in [9.17, 15) is 9.59 Å². The maximum Gasteiger partial charge on any atom is 0.281 e. The zero-order valence-electron chi connectivity index (χ0n) is 10.9. The third-order valence-electron chi connectivity index (χ3n) is 2.71. The number of nitrogens with zero attached hydrogens (tertiary/aromatic N) is 2. The zero-order chi connectivity index (χ0) is 14.5. The molecule has 20 heavy (non-hydrogen) atoms. The van der Waals surface area contributed by atoms with Gasteiger partial charge in [-0.3, -0.25) is 20.4 Å². The van der Waals surface area contributed by atoms with Crippen molar-refractivity contribution < 1.29 is 14.3 Å². The molecule has 1 saturated heterocycles. The molecule has 0 atom stereocenters. The Kier molecular flexibility index (Phi) is 5.16. The predicted molar refractivity (Wildman–Crippen MR) is 76.2 cm³/mol. The highest BCUT2D eigenvalue weighted by molar-refractivity contribution is 7.17. The van der Waals surface area contributed by atoms with Crippen molar-refractivity contribution >= 4 is 39.9 Å². The fourth-order valence-electron chi connectivity index (χ4n) is 1.70. The topological polar surface area (TPSA) is 83.6 Å². The van der Waals surface area contributed by atoms with Gasteiger partial charge in [0.15, 0.2) is 5.13 Å². The van der Waals surface area contributed by atoms with Gasteiger partial charge in [0, 0.05) is 13.1 Å². The Morgan fingerprint density at radius 2 is 2.10 bits per heavy atom. The second-order valence-corrected chi connectivity index (χ2v) is 5.39. The summed E-state index contributed by atoms with van der Waals surface area (Å²) in [7, 11) is 0. The number of carbonyl (C=O) groups excluding carboxylic acids is 2. The third kappa shape index (κ3) is 3.59. The molecule has 0 bridgehead atoms. The Morgan fingerprint density at radius 3 is 2.75 bits per heavy atom. The molecule has 1 aliphatic rings. The molecule has 110 valence electrons. The SMILES string of the molecule is Cc1nc(N2CCOCC2)sc1C(=O)NNC(=O)CCl. The van der Waals surface area contributed by atoms with Crippen molar-refractivity contribution in [2.75, 3.05) is 37.1 Å². The molecule has 2 heterocycles. The second-order valence-electron chi connectivity index (χ2n) is 4.15. The molecule has 2 amide bonds. The first-order chi connectivity index (χ1) is 9.61. The van der Waals surface area contributed by atoms with Gasteiger partial charge in [-0.15, -0.1) is 11.6 Å². The number of hydrogen-bond acceptors (Lipinski definition) is 6. The van der Waals surface area contributed by atoms with Crippen molar-refractivity contribution in [2.45, 2.75) is 6.92 Å². The van der Waals surface area contributed by atoms with Gasteiger partial charge < -0.3 is 9.64 Å². The molecule has 2 N–H and O–H groups in total. The van der Waals surface area contributed by atoms with Gasteiger partial charge in [-0.05, 0) is 6.92 Å². The normalized spacial score (nSPS) is 15.0. The summed E-state index contributed by atoms with van der Waals surface area (Å²) >= 11 is 6.62. The minimum absolute atomic E-state index is 0.207.